The normalized spacial score (nSPS) is 20.8. The number of likely N-dealkylation sites (N-methyl/N-ethyl adjacent to an activating group) is 1. The van der Waals surface area contributed by atoms with Gasteiger partial charge in [0.05, 0.1) is 43.7 Å². The number of guanidine groups is 1. The maximum Gasteiger partial charge on any atom is 0.315 e. The molecule has 3 amide bonds. The van der Waals surface area contributed by atoms with E-state index in [2.05, 4.69) is 34.1 Å². The first kappa shape index (κ1) is 49.8. The van der Waals surface area contributed by atoms with Gasteiger partial charge in [0.2, 0.25) is 25.1 Å². The maximum atomic E-state index is 14.5. The molecule has 0 radical (unpaired) electrons. The minimum Gasteiger partial charge on any atom is -0.469 e. The average Bonchev–Trinajstić information content (AvgIpc) is 3.70. The highest BCUT2D eigenvalue weighted by molar-refractivity contribution is 7.59. The molecule has 2 fully saturated rings. The summed E-state index contributed by atoms with van der Waals surface area (Å²) in [6.45, 7) is 13.5. The van der Waals surface area contributed by atoms with Crippen LogP contribution in [0.15, 0.2) is 35.3 Å². The number of carbonyl (C=O) groups excluding carboxylic acids is 4. The van der Waals surface area contributed by atoms with Crippen LogP contribution >= 0.6 is 7.37 Å². The Labute approximate surface area is 352 Å². The predicted molar refractivity (Wildman–Crippen MR) is 229 cm³/mol. The highest BCUT2D eigenvalue weighted by Crippen LogP contribution is 2.46. The van der Waals surface area contributed by atoms with Gasteiger partial charge in [-0.1, -0.05) is 71.4 Å². The van der Waals surface area contributed by atoms with E-state index >= 15 is 0 Å². The van der Waals surface area contributed by atoms with Gasteiger partial charge in [-0.05, 0) is 30.2 Å². The standard InChI is InChI=1S/C42H72N7O9P/c1-12-29(4)38(47(8)41(53)37(28(2)3)45-42(46(6)7)48-23-20-43-21-24-48)33(56-9)26-35(50)49-22-16-19-32(49)39(58-11)30(5)40(52)44-34(25-31-17-14-13-15-18-31)59(54,55)27-36(51)57-10/h13-15,17-18,28-30,32-34,37-39,43H,12,16,19-27H2,1-11H3,(H,44,52)(H,54,55)/b45-42-/t29-,30+,32-,33+,34+,37-,38-,39+/m0/s1. The Morgan fingerprint density at radius 2 is 1.64 bits per heavy atom. The number of carbonyl (C=O) groups is 4. The molecule has 0 spiro atoms. The van der Waals surface area contributed by atoms with Gasteiger partial charge in [-0.3, -0.25) is 23.7 Å². The quantitative estimate of drug-likeness (QED) is 0.0757. The molecule has 16 nitrogen and oxygen atoms in total. The van der Waals surface area contributed by atoms with Crippen molar-refractivity contribution in [2.75, 3.05) is 81.4 Å². The van der Waals surface area contributed by atoms with Gasteiger partial charge in [-0.2, -0.15) is 0 Å². The second-order valence-corrected chi connectivity index (χ2v) is 19.0. The van der Waals surface area contributed by atoms with Crippen molar-refractivity contribution >= 4 is 37.0 Å². The number of esters is 1. The predicted octanol–water partition coefficient (Wildman–Crippen LogP) is 2.88. The highest BCUT2D eigenvalue weighted by atomic mass is 31.2. The van der Waals surface area contributed by atoms with Crippen LogP contribution in [0.5, 0.6) is 0 Å². The van der Waals surface area contributed by atoms with Gasteiger partial charge in [0.25, 0.3) is 0 Å². The van der Waals surface area contributed by atoms with E-state index < -0.39 is 67.4 Å². The number of benzene rings is 1. The molecule has 1 aromatic rings. The van der Waals surface area contributed by atoms with E-state index in [-0.39, 0.29) is 36.5 Å². The van der Waals surface area contributed by atoms with Crippen molar-refractivity contribution in [3.05, 3.63) is 35.9 Å². The Hall–Kier alpha value is -3.56. The minimum atomic E-state index is -4.28. The summed E-state index contributed by atoms with van der Waals surface area (Å²) in [5, 5.41) is 6.12. The molecule has 17 heteroatoms. The van der Waals surface area contributed by atoms with E-state index in [0.717, 1.165) is 45.7 Å². The third kappa shape index (κ3) is 13.5. The minimum absolute atomic E-state index is 0.00362. The first-order valence-corrected chi connectivity index (χ1v) is 22.9. The highest BCUT2D eigenvalue weighted by Gasteiger charge is 2.44. The zero-order chi connectivity index (χ0) is 44.0. The molecule has 2 saturated heterocycles. The molecule has 1 aromatic carbocycles. The van der Waals surface area contributed by atoms with Crippen molar-refractivity contribution in [2.24, 2.45) is 22.7 Å². The van der Waals surface area contributed by atoms with Gasteiger partial charge >= 0.3 is 5.97 Å². The molecule has 2 heterocycles. The number of hydrogen-bond acceptors (Lipinski definition) is 10. The number of methoxy groups -OCH3 is 3. The molecule has 2 aliphatic rings. The van der Waals surface area contributed by atoms with Gasteiger partial charge in [-0.15, -0.1) is 0 Å². The van der Waals surface area contributed by atoms with Crippen LogP contribution in [-0.4, -0.2) is 172 Å². The zero-order valence-electron chi connectivity index (χ0n) is 37.3. The van der Waals surface area contributed by atoms with Crippen LogP contribution in [0, 0.1) is 17.8 Å². The average molecular weight is 850 g/mol. The van der Waals surface area contributed by atoms with Crippen molar-refractivity contribution in [2.45, 2.75) is 103 Å². The molecule has 9 atom stereocenters. The lowest BCUT2D eigenvalue weighted by Gasteiger charge is -2.40. The zero-order valence-corrected chi connectivity index (χ0v) is 38.2. The Bertz CT molecular complexity index is 1590. The molecular formula is C42H72N7O9P. The van der Waals surface area contributed by atoms with E-state index in [1.807, 2.05) is 38.9 Å². The summed E-state index contributed by atoms with van der Waals surface area (Å²) in [6, 6.07) is 7.38. The number of nitrogens with one attached hydrogen (secondary N) is 2. The lowest BCUT2D eigenvalue weighted by molar-refractivity contribution is -0.146. The SMILES string of the molecule is CC[C@H](C)[C@@H]([C@@H](CC(=O)N1CCC[C@H]1[C@H](OC)[C@@H](C)C(=O)N[C@@H](Cc1ccccc1)P(=O)(O)CC(=O)OC)OC)N(C)C(=O)[C@@H](/N=C(/N(C)C)N1CCNCC1)C(C)C. The Balaban J connectivity index is 1.84. The molecule has 3 rings (SSSR count). The third-order valence-electron chi connectivity index (χ3n) is 11.8. The van der Waals surface area contributed by atoms with E-state index in [4.69, 9.17) is 14.5 Å². The molecule has 2 aliphatic heterocycles. The molecule has 0 bridgehead atoms. The number of aliphatic imine (C=N–C) groups is 1. The third-order valence-corrected chi connectivity index (χ3v) is 13.8. The molecule has 0 aromatic heterocycles. The summed E-state index contributed by atoms with van der Waals surface area (Å²) in [4.78, 5) is 78.6. The van der Waals surface area contributed by atoms with Crippen LogP contribution in [0.1, 0.15) is 65.9 Å². The van der Waals surface area contributed by atoms with Crippen LogP contribution in [0.25, 0.3) is 0 Å². The van der Waals surface area contributed by atoms with E-state index in [1.54, 1.807) is 55.1 Å². The number of likely N-dealkylation sites (tertiary alicyclic amines) is 1. The van der Waals surface area contributed by atoms with Crippen LogP contribution in [0.3, 0.4) is 0 Å². The topological polar surface area (TPSA) is 183 Å². The fourth-order valence-corrected chi connectivity index (χ4v) is 9.81. The number of amides is 3. The van der Waals surface area contributed by atoms with Crippen LogP contribution in [-0.2, 0) is 44.4 Å². The molecule has 1 unspecified atom stereocenters. The van der Waals surface area contributed by atoms with Gasteiger partial charge in [-0.25, -0.2) is 4.99 Å². The van der Waals surface area contributed by atoms with Crippen LogP contribution in [0.4, 0.5) is 0 Å². The first-order chi connectivity index (χ1) is 27.9. The maximum absolute atomic E-state index is 14.5. The molecular weight excluding hydrogens is 777 g/mol. The van der Waals surface area contributed by atoms with Crippen molar-refractivity contribution in [1.82, 2.24) is 30.2 Å². The number of ether oxygens (including phenoxy) is 3. The molecule has 0 aliphatic carbocycles. The van der Waals surface area contributed by atoms with E-state index in [1.165, 1.54) is 7.11 Å². The second kappa shape index (κ2) is 23.4. The summed E-state index contributed by atoms with van der Waals surface area (Å²) in [5.74, 6) is -3.18. The summed E-state index contributed by atoms with van der Waals surface area (Å²) in [6.07, 6.45) is -0.128. The van der Waals surface area contributed by atoms with Gasteiger partial charge < -0.3 is 49.3 Å². The lowest BCUT2D eigenvalue weighted by Crippen LogP contribution is -2.55. The number of piperazine rings is 1. The number of nitrogens with zero attached hydrogens (tertiary/aromatic N) is 5. The van der Waals surface area contributed by atoms with E-state index in [9.17, 15) is 28.6 Å². The lowest BCUT2D eigenvalue weighted by atomic mass is 9.89. The van der Waals surface area contributed by atoms with Gasteiger partial charge in [0.15, 0.2) is 5.96 Å². The van der Waals surface area contributed by atoms with Crippen LogP contribution < -0.4 is 10.6 Å². The van der Waals surface area contributed by atoms with Crippen molar-refractivity contribution in [3.63, 3.8) is 0 Å². The Morgan fingerprint density at radius 1 is 1.00 bits per heavy atom. The van der Waals surface area contributed by atoms with Gasteiger partial charge in [0.1, 0.15) is 18.0 Å². The summed E-state index contributed by atoms with van der Waals surface area (Å²) in [5.41, 5.74) is 0.706. The molecule has 59 heavy (non-hydrogen) atoms. The van der Waals surface area contributed by atoms with Crippen molar-refractivity contribution < 1.29 is 42.8 Å². The largest absolute Gasteiger partial charge is 0.469 e. The van der Waals surface area contributed by atoms with Gasteiger partial charge in [0, 0.05) is 74.5 Å². The first-order valence-electron chi connectivity index (χ1n) is 21.0. The monoisotopic (exact) mass is 850 g/mol. The smallest absolute Gasteiger partial charge is 0.315 e. The Morgan fingerprint density at radius 3 is 2.19 bits per heavy atom. The van der Waals surface area contributed by atoms with Crippen LogP contribution in [0.2, 0.25) is 0 Å². The number of rotatable bonds is 20. The fraction of sp³-hybridized carbons (Fsp3) is 0.738. The fourth-order valence-electron chi connectivity index (χ4n) is 8.26. The molecule has 0 saturated carbocycles. The van der Waals surface area contributed by atoms with Crippen molar-refractivity contribution in [1.29, 1.82) is 0 Å². The molecule has 3 N–H and O–H groups in total. The second-order valence-electron chi connectivity index (χ2n) is 16.5. The summed E-state index contributed by atoms with van der Waals surface area (Å²) < 4.78 is 30.2. The van der Waals surface area contributed by atoms with Crippen molar-refractivity contribution in [3.8, 4) is 0 Å². The molecule has 334 valence electrons. The number of hydrogen-bond donors (Lipinski definition) is 3. The summed E-state index contributed by atoms with van der Waals surface area (Å²) >= 11 is 0. The summed E-state index contributed by atoms with van der Waals surface area (Å²) in [7, 11) is 5.57. The Kier molecular flexibility index (Phi) is 19.8. The van der Waals surface area contributed by atoms with E-state index in [0.29, 0.717) is 24.9 Å².